The van der Waals surface area contributed by atoms with Crippen molar-refractivity contribution in [2.45, 2.75) is 13.8 Å². The van der Waals surface area contributed by atoms with E-state index in [4.69, 9.17) is 21.1 Å². The van der Waals surface area contributed by atoms with E-state index in [1.165, 1.54) is 0 Å². The van der Waals surface area contributed by atoms with Crippen molar-refractivity contribution in [2.75, 3.05) is 19.8 Å². The summed E-state index contributed by atoms with van der Waals surface area (Å²) in [6, 6.07) is 13.0. The van der Waals surface area contributed by atoms with E-state index < -0.39 is 0 Å². The lowest BCUT2D eigenvalue weighted by Crippen LogP contribution is -2.32. The fourth-order valence-corrected chi connectivity index (χ4v) is 2.15. The maximum atomic E-state index is 11.7. The van der Waals surface area contributed by atoms with Crippen LogP contribution in [0.15, 0.2) is 42.5 Å². The molecule has 0 unspecified atom stereocenters. The summed E-state index contributed by atoms with van der Waals surface area (Å²) in [6.07, 6.45) is 0. The molecule has 0 spiro atoms. The highest BCUT2D eigenvalue weighted by Crippen LogP contribution is 2.19. The van der Waals surface area contributed by atoms with Crippen molar-refractivity contribution < 1.29 is 14.3 Å². The van der Waals surface area contributed by atoms with Crippen LogP contribution in [0, 0.1) is 13.8 Å². The van der Waals surface area contributed by atoms with E-state index >= 15 is 0 Å². The fourth-order valence-electron chi connectivity index (χ4n) is 1.97. The summed E-state index contributed by atoms with van der Waals surface area (Å²) >= 11 is 5.85. The molecule has 0 saturated carbocycles. The van der Waals surface area contributed by atoms with E-state index in [1.54, 1.807) is 24.3 Å². The van der Waals surface area contributed by atoms with Gasteiger partial charge in [-0.15, -0.1) is 0 Å². The number of hydrogen-bond acceptors (Lipinski definition) is 3. The Morgan fingerprint density at radius 1 is 1.13 bits per heavy atom. The monoisotopic (exact) mass is 333 g/mol. The number of halogens is 1. The molecule has 0 fully saturated rings. The number of amides is 1. The molecule has 0 aliphatic carbocycles. The number of rotatable bonds is 7. The van der Waals surface area contributed by atoms with Crippen LogP contribution in [0.1, 0.15) is 11.1 Å². The van der Waals surface area contributed by atoms with Crippen LogP contribution in [0.5, 0.6) is 11.5 Å². The molecule has 1 N–H and O–H groups in total. The molecule has 5 heteroatoms. The first-order valence-electron chi connectivity index (χ1n) is 7.40. The summed E-state index contributed by atoms with van der Waals surface area (Å²) in [5.74, 6) is 1.21. The lowest BCUT2D eigenvalue weighted by Gasteiger charge is -2.11. The molecule has 122 valence electrons. The van der Waals surface area contributed by atoms with Gasteiger partial charge in [-0.25, -0.2) is 0 Å². The SMILES string of the molecule is Cc1ccc(C)c(OCCNC(=O)COc2cccc(Cl)c2)c1. The standard InChI is InChI=1S/C18H20ClNO3/c1-13-6-7-14(2)17(10-13)22-9-8-20-18(21)12-23-16-5-3-4-15(19)11-16/h3-7,10-11H,8-9,12H2,1-2H3,(H,20,21). The molecule has 4 nitrogen and oxygen atoms in total. The van der Waals surface area contributed by atoms with Crippen LogP contribution in [-0.4, -0.2) is 25.7 Å². The molecular formula is C18H20ClNO3. The van der Waals surface area contributed by atoms with Gasteiger partial charge < -0.3 is 14.8 Å². The Hall–Kier alpha value is -2.20. The van der Waals surface area contributed by atoms with Gasteiger partial charge in [-0.2, -0.15) is 0 Å². The predicted molar refractivity (Wildman–Crippen MR) is 91.4 cm³/mol. The molecule has 0 atom stereocenters. The molecule has 0 aromatic heterocycles. The zero-order valence-electron chi connectivity index (χ0n) is 13.3. The van der Waals surface area contributed by atoms with Gasteiger partial charge in [-0.3, -0.25) is 4.79 Å². The first kappa shape index (κ1) is 17.2. The van der Waals surface area contributed by atoms with Gasteiger partial charge in [0.1, 0.15) is 18.1 Å². The fraction of sp³-hybridized carbons (Fsp3) is 0.278. The number of aryl methyl sites for hydroxylation is 2. The van der Waals surface area contributed by atoms with E-state index in [-0.39, 0.29) is 12.5 Å². The summed E-state index contributed by atoms with van der Waals surface area (Å²) in [5.41, 5.74) is 2.22. The second kappa shape index (κ2) is 8.44. The number of ether oxygens (including phenoxy) is 2. The minimum atomic E-state index is -0.200. The first-order valence-corrected chi connectivity index (χ1v) is 7.77. The number of carbonyl (C=O) groups is 1. The molecular weight excluding hydrogens is 314 g/mol. The van der Waals surface area contributed by atoms with Crippen LogP contribution >= 0.6 is 11.6 Å². The highest BCUT2D eigenvalue weighted by Gasteiger charge is 2.04. The van der Waals surface area contributed by atoms with Gasteiger partial charge in [0.25, 0.3) is 5.91 Å². The Labute approximate surface area is 141 Å². The Balaban J connectivity index is 1.68. The Morgan fingerprint density at radius 3 is 2.74 bits per heavy atom. The number of carbonyl (C=O) groups excluding carboxylic acids is 1. The minimum Gasteiger partial charge on any atom is -0.491 e. The molecule has 0 radical (unpaired) electrons. The lowest BCUT2D eigenvalue weighted by molar-refractivity contribution is -0.123. The smallest absolute Gasteiger partial charge is 0.258 e. The third-order valence-electron chi connectivity index (χ3n) is 3.19. The van der Waals surface area contributed by atoms with E-state index in [0.717, 1.165) is 16.9 Å². The van der Waals surface area contributed by atoms with Crippen molar-refractivity contribution in [3.8, 4) is 11.5 Å². The van der Waals surface area contributed by atoms with Crippen molar-refractivity contribution in [1.29, 1.82) is 0 Å². The van der Waals surface area contributed by atoms with E-state index in [1.807, 2.05) is 32.0 Å². The van der Waals surface area contributed by atoms with Gasteiger partial charge in [0.05, 0.1) is 6.54 Å². The minimum absolute atomic E-state index is 0.0518. The Bertz CT molecular complexity index is 673. The van der Waals surface area contributed by atoms with E-state index in [2.05, 4.69) is 5.32 Å². The first-order chi connectivity index (χ1) is 11.0. The Kier molecular flexibility index (Phi) is 6.29. The lowest BCUT2D eigenvalue weighted by atomic mass is 10.1. The van der Waals surface area contributed by atoms with Gasteiger partial charge in [0, 0.05) is 5.02 Å². The molecule has 23 heavy (non-hydrogen) atoms. The molecule has 1 amide bonds. The molecule has 0 saturated heterocycles. The molecule has 0 aliphatic rings. The average Bonchev–Trinajstić information content (AvgIpc) is 2.53. The van der Waals surface area contributed by atoms with Gasteiger partial charge in [-0.05, 0) is 49.2 Å². The topological polar surface area (TPSA) is 47.6 Å². The van der Waals surface area contributed by atoms with Crippen molar-refractivity contribution in [1.82, 2.24) is 5.32 Å². The molecule has 2 rings (SSSR count). The second-order valence-electron chi connectivity index (χ2n) is 5.21. The normalized spacial score (nSPS) is 10.2. The third-order valence-corrected chi connectivity index (χ3v) is 3.43. The maximum Gasteiger partial charge on any atom is 0.258 e. The zero-order chi connectivity index (χ0) is 16.7. The predicted octanol–water partition coefficient (Wildman–Crippen LogP) is 3.53. The van der Waals surface area contributed by atoms with Crippen LogP contribution in [-0.2, 0) is 4.79 Å². The maximum absolute atomic E-state index is 11.7. The number of benzene rings is 2. The Morgan fingerprint density at radius 2 is 1.96 bits per heavy atom. The summed E-state index contributed by atoms with van der Waals surface area (Å²) in [6.45, 7) is 4.79. The highest BCUT2D eigenvalue weighted by atomic mass is 35.5. The molecule has 2 aromatic rings. The summed E-state index contributed by atoms with van der Waals surface area (Å²) in [5, 5.41) is 3.32. The summed E-state index contributed by atoms with van der Waals surface area (Å²) in [4.78, 5) is 11.7. The zero-order valence-corrected chi connectivity index (χ0v) is 14.0. The summed E-state index contributed by atoms with van der Waals surface area (Å²) in [7, 11) is 0. The quantitative estimate of drug-likeness (QED) is 0.788. The van der Waals surface area contributed by atoms with Gasteiger partial charge >= 0.3 is 0 Å². The van der Waals surface area contributed by atoms with Crippen LogP contribution < -0.4 is 14.8 Å². The van der Waals surface area contributed by atoms with E-state index in [0.29, 0.717) is 23.9 Å². The molecule has 2 aromatic carbocycles. The largest absolute Gasteiger partial charge is 0.491 e. The van der Waals surface area contributed by atoms with Crippen molar-refractivity contribution in [3.05, 3.63) is 58.6 Å². The van der Waals surface area contributed by atoms with E-state index in [9.17, 15) is 4.79 Å². The van der Waals surface area contributed by atoms with Crippen molar-refractivity contribution in [3.63, 3.8) is 0 Å². The number of hydrogen-bond donors (Lipinski definition) is 1. The van der Waals surface area contributed by atoms with Crippen LogP contribution in [0.3, 0.4) is 0 Å². The number of nitrogens with one attached hydrogen (secondary N) is 1. The van der Waals surface area contributed by atoms with Crippen molar-refractivity contribution in [2.24, 2.45) is 0 Å². The highest BCUT2D eigenvalue weighted by molar-refractivity contribution is 6.30. The van der Waals surface area contributed by atoms with Gasteiger partial charge in [0.2, 0.25) is 0 Å². The van der Waals surface area contributed by atoms with Crippen molar-refractivity contribution >= 4 is 17.5 Å². The summed E-state index contributed by atoms with van der Waals surface area (Å²) < 4.78 is 11.0. The molecule has 0 bridgehead atoms. The average molecular weight is 334 g/mol. The second-order valence-corrected chi connectivity index (χ2v) is 5.65. The van der Waals surface area contributed by atoms with Gasteiger partial charge in [0.15, 0.2) is 6.61 Å². The van der Waals surface area contributed by atoms with Crippen LogP contribution in [0.4, 0.5) is 0 Å². The third kappa shape index (κ3) is 5.83. The van der Waals surface area contributed by atoms with Crippen LogP contribution in [0.2, 0.25) is 5.02 Å². The molecule has 0 aliphatic heterocycles. The molecule has 0 heterocycles. The van der Waals surface area contributed by atoms with Crippen LogP contribution in [0.25, 0.3) is 0 Å². The van der Waals surface area contributed by atoms with Gasteiger partial charge in [-0.1, -0.05) is 29.8 Å².